The quantitative estimate of drug-likeness (QED) is 0.821. The SMILES string of the molecule is COc1cccc2c(OCC(O)CNC(C)C)cccc12.Cl. The highest BCUT2D eigenvalue weighted by atomic mass is 35.5. The molecule has 1 atom stereocenters. The summed E-state index contributed by atoms with van der Waals surface area (Å²) in [6, 6.07) is 12.0. The number of benzene rings is 2. The van der Waals surface area contributed by atoms with Gasteiger partial charge in [0.15, 0.2) is 0 Å². The number of aliphatic hydroxyl groups is 1. The second-order valence-electron chi connectivity index (χ2n) is 5.34. The van der Waals surface area contributed by atoms with E-state index in [1.165, 1.54) is 0 Å². The Hall–Kier alpha value is -1.49. The van der Waals surface area contributed by atoms with E-state index in [0.717, 1.165) is 22.3 Å². The molecule has 4 nitrogen and oxygen atoms in total. The summed E-state index contributed by atoms with van der Waals surface area (Å²) < 4.78 is 11.1. The third kappa shape index (κ3) is 4.77. The molecular formula is C17H24ClNO3. The Labute approximate surface area is 137 Å². The summed E-state index contributed by atoms with van der Waals surface area (Å²) in [4.78, 5) is 0. The number of nitrogens with one attached hydrogen (secondary N) is 1. The average Bonchev–Trinajstić information content (AvgIpc) is 2.50. The standard InChI is InChI=1S/C17H23NO3.ClH/c1-12(2)18-10-13(19)11-21-17-9-5-6-14-15(17)7-4-8-16(14)20-3;/h4-9,12-13,18-19H,10-11H2,1-3H3;1H. The summed E-state index contributed by atoms with van der Waals surface area (Å²) in [6.07, 6.45) is -0.534. The molecule has 2 N–H and O–H groups in total. The molecule has 0 aliphatic heterocycles. The van der Waals surface area contributed by atoms with Crippen molar-refractivity contribution >= 4 is 23.2 Å². The van der Waals surface area contributed by atoms with Crippen LogP contribution in [0.15, 0.2) is 36.4 Å². The first-order valence-electron chi connectivity index (χ1n) is 7.21. The monoisotopic (exact) mass is 325 g/mol. The molecule has 0 aromatic heterocycles. The summed E-state index contributed by atoms with van der Waals surface area (Å²) in [5, 5.41) is 15.1. The van der Waals surface area contributed by atoms with Gasteiger partial charge in [0.25, 0.3) is 0 Å². The summed E-state index contributed by atoms with van der Waals surface area (Å²) in [5.41, 5.74) is 0. The van der Waals surface area contributed by atoms with Gasteiger partial charge in [-0.1, -0.05) is 38.1 Å². The van der Waals surface area contributed by atoms with Crippen molar-refractivity contribution in [3.8, 4) is 11.5 Å². The Morgan fingerprint density at radius 3 is 2.23 bits per heavy atom. The number of fused-ring (bicyclic) bond motifs is 1. The van der Waals surface area contributed by atoms with Gasteiger partial charge in [0.1, 0.15) is 24.2 Å². The van der Waals surface area contributed by atoms with E-state index in [-0.39, 0.29) is 19.0 Å². The van der Waals surface area contributed by atoms with E-state index >= 15 is 0 Å². The molecule has 0 bridgehead atoms. The zero-order valence-electron chi connectivity index (χ0n) is 13.2. The van der Waals surface area contributed by atoms with Crippen molar-refractivity contribution in [1.29, 1.82) is 0 Å². The summed E-state index contributed by atoms with van der Waals surface area (Å²) >= 11 is 0. The predicted molar refractivity (Wildman–Crippen MR) is 92.4 cm³/mol. The van der Waals surface area contributed by atoms with Crippen LogP contribution in [-0.2, 0) is 0 Å². The van der Waals surface area contributed by atoms with Gasteiger partial charge < -0.3 is 19.9 Å². The fourth-order valence-electron chi connectivity index (χ4n) is 2.17. The third-order valence-electron chi connectivity index (χ3n) is 3.25. The highest BCUT2D eigenvalue weighted by molar-refractivity contribution is 5.93. The van der Waals surface area contributed by atoms with Crippen molar-refractivity contribution in [2.75, 3.05) is 20.3 Å². The minimum Gasteiger partial charge on any atom is -0.496 e. The molecule has 122 valence electrons. The zero-order valence-corrected chi connectivity index (χ0v) is 14.0. The fourth-order valence-corrected chi connectivity index (χ4v) is 2.17. The molecule has 22 heavy (non-hydrogen) atoms. The Kier molecular flexibility index (Phi) is 7.45. The van der Waals surface area contributed by atoms with Gasteiger partial charge in [-0.25, -0.2) is 0 Å². The van der Waals surface area contributed by atoms with Crippen LogP contribution >= 0.6 is 12.4 Å². The first kappa shape index (κ1) is 18.6. The molecule has 0 heterocycles. The maximum Gasteiger partial charge on any atom is 0.127 e. The second kappa shape index (κ2) is 8.83. The fraction of sp³-hybridized carbons (Fsp3) is 0.412. The molecule has 0 saturated heterocycles. The molecule has 2 aromatic rings. The normalized spacial score (nSPS) is 12.0. The number of ether oxygens (including phenoxy) is 2. The van der Waals surface area contributed by atoms with Crippen LogP contribution in [0.1, 0.15) is 13.8 Å². The summed E-state index contributed by atoms with van der Waals surface area (Å²) in [5.74, 6) is 1.58. The maximum absolute atomic E-state index is 9.92. The van der Waals surface area contributed by atoms with Gasteiger partial charge >= 0.3 is 0 Å². The molecule has 1 unspecified atom stereocenters. The molecule has 0 radical (unpaired) electrons. The highest BCUT2D eigenvalue weighted by Gasteiger charge is 2.09. The van der Waals surface area contributed by atoms with Gasteiger partial charge in [-0.3, -0.25) is 0 Å². The topological polar surface area (TPSA) is 50.7 Å². The van der Waals surface area contributed by atoms with Crippen LogP contribution in [0.3, 0.4) is 0 Å². The van der Waals surface area contributed by atoms with Crippen molar-refractivity contribution in [3.05, 3.63) is 36.4 Å². The lowest BCUT2D eigenvalue weighted by atomic mass is 10.1. The first-order valence-corrected chi connectivity index (χ1v) is 7.21. The molecule has 0 saturated carbocycles. The van der Waals surface area contributed by atoms with Crippen LogP contribution in [0.5, 0.6) is 11.5 Å². The van der Waals surface area contributed by atoms with E-state index in [9.17, 15) is 5.11 Å². The average molecular weight is 326 g/mol. The molecule has 0 fully saturated rings. The Balaban J connectivity index is 0.00000242. The van der Waals surface area contributed by atoms with Crippen LogP contribution < -0.4 is 14.8 Å². The van der Waals surface area contributed by atoms with Crippen LogP contribution in [0.25, 0.3) is 10.8 Å². The van der Waals surface area contributed by atoms with E-state index in [1.807, 2.05) is 50.2 Å². The zero-order chi connectivity index (χ0) is 15.2. The van der Waals surface area contributed by atoms with Crippen LogP contribution in [0.4, 0.5) is 0 Å². The van der Waals surface area contributed by atoms with Crippen LogP contribution in [-0.4, -0.2) is 37.5 Å². The van der Waals surface area contributed by atoms with Gasteiger partial charge in [-0.05, 0) is 12.1 Å². The van der Waals surface area contributed by atoms with E-state index < -0.39 is 6.10 Å². The van der Waals surface area contributed by atoms with Gasteiger partial charge in [0.05, 0.1) is 7.11 Å². The summed E-state index contributed by atoms with van der Waals surface area (Å²) in [6.45, 7) is 4.87. The minimum absolute atomic E-state index is 0. The Morgan fingerprint density at radius 2 is 1.64 bits per heavy atom. The lowest BCUT2D eigenvalue weighted by molar-refractivity contribution is 0.105. The van der Waals surface area contributed by atoms with Gasteiger partial charge in [0.2, 0.25) is 0 Å². The number of methoxy groups -OCH3 is 1. The molecule has 0 amide bonds. The molecule has 0 aliphatic rings. The largest absolute Gasteiger partial charge is 0.496 e. The third-order valence-corrected chi connectivity index (χ3v) is 3.25. The van der Waals surface area contributed by atoms with E-state index in [2.05, 4.69) is 5.32 Å². The van der Waals surface area contributed by atoms with Crippen LogP contribution in [0, 0.1) is 0 Å². The van der Waals surface area contributed by atoms with Crippen molar-refractivity contribution in [1.82, 2.24) is 5.32 Å². The Morgan fingerprint density at radius 1 is 1.05 bits per heavy atom. The van der Waals surface area contributed by atoms with Gasteiger partial charge in [-0.2, -0.15) is 0 Å². The number of halogens is 1. The van der Waals surface area contributed by atoms with E-state index in [1.54, 1.807) is 7.11 Å². The lowest BCUT2D eigenvalue weighted by Gasteiger charge is -2.16. The van der Waals surface area contributed by atoms with Crippen molar-refractivity contribution < 1.29 is 14.6 Å². The van der Waals surface area contributed by atoms with E-state index in [4.69, 9.17) is 9.47 Å². The Bertz CT molecular complexity index is 589. The van der Waals surface area contributed by atoms with Crippen molar-refractivity contribution in [2.24, 2.45) is 0 Å². The first-order chi connectivity index (χ1) is 10.1. The molecular weight excluding hydrogens is 302 g/mol. The van der Waals surface area contributed by atoms with Gasteiger partial charge in [0, 0.05) is 23.4 Å². The number of rotatable bonds is 7. The molecule has 2 rings (SSSR count). The van der Waals surface area contributed by atoms with E-state index in [0.29, 0.717) is 12.6 Å². The predicted octanol–water partition coefficient (Wildman–Crippen LogP) is 3.01. The maximum atomic E-state index is 9.92. The molecule has 2 aromatic carbocycles. The second-order valence-corrected chi connectivity index (χ2v) is 5.34. The lowest BCUT2D eigenvalue weighted by Crippen LogP contribution is -2.35. The summed E-state index contributed by atoms with van der Waals surface area (Å²) in [7, 11) is 1.66. The van der Waals surface area contributed by atoms with Crippen molar-refractivity contribution in [2.45, 2.75) is 26.0 Å². The minimum atomic E-state index is -0.534. The van der Waals surface area contributed by atoms with Crippen LogP contribution in [0.2, 0.25) is 0 Å². The molecule has 0 spiro atoms. The van der Waals surface area contributed by atoms with Crippen molar-refractivity contribution in [3.63, 3.8) is 0 Å². The highest BCUT2D eigenvalue weighted by Crippen LogP contribution is 2.31. The number of hydrogen-bond donors (Lipinski definition) is 2. The molecule has 5 heteroatoms. The number of hydrogen-bond acceptors (Lipinski definition) is 4. The molecule has 0 aliphatic carbocycles. The van der Waals surface area contributed by atoms with Gasteiger partial charge in [-0.15, -0.1) is 12.4 Å². The number of aliphatic hydroxyl groups excluding tert-OH is 1. The smallest absolute Gasteiger partial charge is 0.127 e.